The van der Waals surface area contributed by atoms with Gasteiger partial charge in [-0.1, -0.05) is 0 Å². The van der Waals surface area contributed by atoms with E-state index in [2.05, 4.69) is 27.3 Å². The van der Waals surface area contributed by atoms with Crippen LogP contribution in [0.1, 0.15) is 6.42 Å². The molecule has 1 aromatic heterocycles. The summed E-state index contributed by atoms with van der Waals surface area (Å²) in [6.45, 7) is 4.86. The predicted octanol–water partition coefficient (Wildman–Crippen LogP) is -0.726. The molecule has 2 rings (SSSR count). The highest BCUT2D eigenvalue weighted by molar-refractivity contribution is 5.43. The van der Waals surface area contributed by atoms with Crippen LogP contribution in [-0.4, -0.2) is 26.2 Å². The fraction of sp³-hybridized carbons (Fsp3) is 0.500. The Labute approximate surface area is 78.8 Å². The first kappa shape index (κ1) is 8.51. The Kier molecular flexibility index (Phi) is 2.77. The molecule has 3 heteroatoms. The van der Waals surface area contributed by atoms with Crippen LogP contribution in [0.4, 0.5) is 5.69 Å². The van der Waals surface area contributed by atoms with E-state index in [1.54, 1.807) is 0 Å². The van der Waals surface area contributed by atoms with E-state index in [9.17, 15) is 0 Å². The van der Waals surface area contributed by atoms with Gasteiger partial charge in [-0.05, 0) is 0 Å². The number of nitrogens with one attached hydrogen (secondary N) is 1. The summed E-state index contributed by atoms with van der Waals surface area (Å²) in [5.74, 6) is 0. The van der Waals surface area contributed by atoms with E-state index in [0.29, 0.717) is 0 Å². The summed E-state index contributed by atoms with van der Waals surface area (Å²) >= 11 is 0. The minimum Gasteiger partial charge on any atom is -0.365 e. The van der Waals surface area contributed by atoms with Crippen LogP contribution >= 0.6 is 0 Å². The Balaban J connectivity index is 2.06. The van der Waals surface area contributed by atoms with Crippen LogP contribution in [0.15, 0.2) is 24.5 Å². The lowest BCUT2D eigenvalue weighted by molar-refractivity contribution is -0.650. The third kappa shape index (κ3) is 2.18. The Morgan fingerprint density at radius 1 is 1.15 bits per heavy atom. The first-order valence-electron chi connectivity index (χ1n) is 4.99. The second-order valence-electron chi connectivity index (χ2n) is 3.46. The molecule has 0 aromatic carbocycles. The highest BCUT2D eigenvalue weighted by Gasteiger charge is 2.10. The lowest BCUT2D eigenvalue weighted by Crippen LogP contribution is -2.84. The first-order chi connectivity index (χ1) is 6.47. The highest BCUT2D eigenvalue weighted by atomic mass is 15.2. The molecule has 1 aliphatic heterocycles. The van der Waals surface area contributed by atoms with Crippen LogP contribution in [0.2, 0.25) is 0 Å². The molecule has 70 valence electrons. The maximum Gasteiger partial charge on any atom is 0.169 e. The SMILES string of the molecule is c1cc(N2CCC[NH2+]CC2)cc[nH+]1. The van der Waals surface area contributed by atoms with Crippen molar-refractivity contribution in [3.63, 3.8) is 0 Å². The molecule has 3 nitrogen and oxygen atoms in total. The van der Waals surface area contributed by atoms with E-state index in [-0.39, 0.29) is 0 Å². The number of nitrogens with two attached hydrogens (primary N) is 1. The van der Waals surface area contributed by atoms with Crippen LogP contribution in [0.25, 0.3) is 0 Å². The Morgan fingerprint density at radius 2 is 2.00 bits per heavy atom. The van der Waals surface area contributed by atoms with Crippen molar-refractivity contribution in [3.8, 4) is 0 Å². The summed E-state index contributed by atoms with van der Waals surface area (Å²) in [6, 6.07) is 4.29. The number of pyridine rings is 1. The first-order valence-corrected chi connectivity index (χ1v) is 4.99. The summed E-state index contributed by atoms with van der Waals surface area (Å²) < 4.78 is 0. The molecule has 1 saturated heterocycles. The predicted molar refractivity (Wildman–Crippen MR) is 51.5 cm³/mol. The number of aromatic nitrogens is 1. The third-order valence-corrected chi connectivity index (χ3v) is 2.51. The van der Waals surface area contributed by atoms with Crippen molar-refractivity contribution in [2.24, 2.45) is 0 Å². The summed E-state index contributed by atoms with van der Waals surface area (Å²) in [4.78, 5) is 5.51. The van der Waals surface area contributed by atoms with Crippen LogP contribution in [0.5, 0.6) is 0 Å². The van der Waals surface area contributed by atoms with E-state index in [0.717, 1.165) is 0 Å². The van der Waals surface area contributed by atoms with E-state index < -0.39 is 0 Å². The van der Waals surface area contributed by atoms with Crippen molar-refractivity contribution in [2.45, 2.75) is 6.42 Å². The molecule has 0 saturated carbocycles. The molecule has 1 fully saturated rings. The van der Waals surface area contributed by atoms with Gasteiger partial charge in [-0.25, -0.2) is 4.98 Å². The van der Waals surface area contributed by atoms with Crippen molar-refractivity contribution < 1.29 is 10.3 Å². The molecule has 1 aliphatic rings. The average Bonchev–Trinajstić information content (AvgIpc) is 2.47. The Bertz CT molecular complexity index is 240. The van der Waals surface area contributed by atoms with E-state index in [1.165, 1.54) is 38.3 Å². The van der Waals surface area contributed by atoms with Crippen molar-refractivity contribution >= 4 is 5.69 Å². The Morgan fingerprint density at radius 3 is 2.85 bits per heavy atom. The maximum absolute atomic E-state index is 3.05. The molecule has 0 aliphatic carbocycles. The molecule has 0 bridgehead atoms. The van der Waals surface area contributed by atoms with Crippen molar-refractivity contribution in [3.05, 3.63) is 24.5 Å². The van der Waals surface area contributed by atoms with Crippen molar-refractivity contribution in [2.75, 3.05) is 31.1 Å². The molecular weight excluding hydrogens is 162 g/mol. The molecule has 13 heavy (non-hydrogen) atoms. The van der Waals surface area contributed by atoms with Gasteiger partial charge in [0.05, 0.1) is 19.6 Å². The van der Waals surface area contributed by atoms with Crippen LogP contribution in [0.3, 0.4) is 0 Å². The zero-order chi connectivity index (χ0) is 8.93. The number of aromatic amines is 1. The van der Waals surface area contributed by atoms with Gasteiger partial charge in [-0.15, -0.1) is 0 Å². The molecule has 2 heterocycles. The summed E-state index contributed by atoms with van der Waals surface area (Å²) in [7, 11) is 0. The fourth-order valence-electron chi connectivity index (χ4n) is 1.78. The highest BCUT2D eigenvalue weighted by Crippen LogP contribution is 2.10. The third-order valence-electron chi connectivity index (χ3n) is 2.51. The summed E-state index contributed by atoms with van der Waals surface area (Å²) in [5, 5.41) is 2.40. The minimum atomic E-state index is 1.17. The monoisotopic (exact) mass is 179 g/mol. The van der Waals surface area contributed by atoms with Gasteiger partial charge >= 0.3 is 0 Å². The zero-order valence-electron chi connectivity index (χ0n) is 7.87. The Hall–Kier alpha value is -1.09. The molecule has 1 aromatic rings. The number of hydrogen-bond donors (Lipinski definition) is 1. The van der Waals surface area contributed by atoms with Gasteiger partial charge in [-0.3, -0.25) is 0 Å². The van der Waals surface area contributed by atoms with Gasteiger partial charge in [0.25, 0.3) is 0 Å². The van der Waals surface area contributed by atoms with Crippen LogP contribution in [-0.2, 0) is 0 Å². The van der Waals surface area contributed by atoms with Crippen LogP contribution < -0.4 is 15.2 Å². The second-order valence-corrected chi connectivity index (χ2v) is 3.46. The number of rotatable bonds is 1. The summed E-state index contributed by atoms with van der Waals surface area (Å²) in [6.07, 6.45) is 5.27. The number of nitrogens with zero attached hydrogens (tertiary/aromatic N) is 1. The lowest BCUT2D eigenvalue weighted by Gasteiger charge is -2.19. The minimum absolute atomic E-state index is 1.17. The lowest BCUT2D eigenvalue weighted by atomic mass is 10.3. The van der Waals surface area contributed by atoms with Crippen molar-refractivity contribution in [1.29, 1.82) is 0 Å². The van der Waals surface area contributed by atoms with Gasteiger partial charge in [-0.2, -0.15) is 0 Å². The topological polar surface area (TPSA) is 34.0 Å². The standard InChI is InChI=1S/C10H15N3/c1-4-11-7-9-13(8-1)10-2-5-12-6-3-10/h2-3,5-6,11H,1,4,7-9H2/p+2. The smallest absolute Gasteiger partial charge is 0.169 e. The molecule has 0 spiro atoms. The van der Waals surface area contributed by atoms with Crippen LogP contribution in [0, 0.1) is 0 Å². The van der Waals surface area contributed by atoms with Gasteiger partial charge in [0.15, 0.2) is 12.4 Å². The number of quaternary nitrogens is 1. The van der Waals surface area contributed by atoms with Gasteiger partial charge in [0.1, 0.15) is 0 Å². The van der Waals surface area contributed by atoms with E-state index in [4.69, 9.17) is 0 Å². The number of H-pyrrole nitrogens is 1. The quantitative estimate of drug-likeness (QED) is 0.606. The van der Waals surface area contributed by atoms with Gasteiger partial charge < -0.3 is 10.2 Å². The molecular formula is C10H17N3+2. The fourth-order valence-corrected chi connectivity index (χ4v) is 1.78. The molecule has 3 N–H and O–H groups in total. The van der Waals surface area contributed by atoms with Crippen molar-refractivity contribution in [1.82, 2.24) is 0 Å². The number of hydrogen-bond acceptors (Lipinski definition) is 1. The van der Waals surface area contributed by atoms with E-state index >= 15 is 0 Å². The summed E-state index contributed by atoms with van der Waals surface area (Å²) in [5.41, 5.74) is 1.34. The number of anilines is 1. The normalized spacial score (nSPS) is 18.3. The molecule has 0 unspecified atom stereocenters. The largest absolute Gasteiger partial charge is 0.365 e. The van der Waals surface area contributed by atoms with Gasteiger partial charge in [0.2, 0.25) is 0 Å². The maximum atomic E-state index is 3.05. The average molecular weight is 179 g/mol. The van der Waals surface area contributed by atoms with E-state index in [1.807, 2.05) is 12.4 Å². The second kappa shape index (κ2) is 4.23. The molecule has 0 atom stereocenters. The molecule has 0 radical (unpaired) electrons. The molecule has 0 amide bonds. The zero-order valence-corrected chi connectivity index (χ0v) is 7.87. The van der Waals surface area contributed by atoms with Gasteiger partial charge in [0, 0.05) is 30.8 Å².